The Labute approximate surface area is 97.9 Å². The van der Waals surface area contributed by atoms with E-state index in [0.29, 0.717) is 6.54 Å². The van der Waals surface area contributed by atoms with E-state index < -0.39 is 0 Å². The van der Waals surface area contributed by atoms with E-state index in [-0.39, 0.29) is 23.3 Å². The minimum atomic E-state index is -0.383. The van der Waals surface area contributed by atoms with Gasteiger partial charge in [0.15, 0.2) is 0 Å². The Hall–Kier alpha value is -0.610. The molecule has 0 aromatic rings. The van der Waals surface area contributed by atoms with Crippen molar-refractivity contribution in [2.75, 3.05) is 19.8 Å². The maximum atomic E-state index is 11.8. The summed E-state index contributed by atoms with van der Waals surface area (Å²) >= 11 is 0. The maximum Gasteiger partial charge on any atom is 0.237 e. The minimum absolute atomic E-state index is 0.0261. The van der Waals surface area contributed by atoms with Gasteiger partial charge in [-0.1, -0.05) is 20.8 Å². The van der Waals surface area contributed by atoms with Crippen molar-refractivity contribution in [2.24, 2.45) is 17.1 Å². The van der Waals surface area contributed by atoms with Crippen LogP contribution in [0.3, 0.4) is 0 Å². The van der Waals surface area contributed by atoms with Crippen LogP contribution in [0, 0.1) is 11.3 Å². The molecule has 0 aliphatic carbocycles. The van der Waals surface area contributed by atoms with Gasteiger partial charge in [-0.15, -0.1) is 0 Å². The highest BCUT2D eigenvalue weighted by molar-refractivity contribution is 5.81. The predicted octanol–water partition coefficient (Wildman–Crippen LogP) is 0.903. The van der Waals surface area contributed by atoms with Crippen molar-refractivity contribution in [2.45, 2.75) is 39.7 Å². The molecule has 94 valence electrons. The lowest BCUT2D eigenvalue weighted by molar-refractivity contribution is -0.124. The van der Waals surface area contributed by atoms with Crippen LogP contribution in [-0.4, -0.2) is 31.7 Å². The molecule has 1 rings (SSSR count). The molecule has 1 atom stereocenters. The van der Waals surface area contributed by atoms with Gasteiger partial charge in [-0.3, -0.25) is 4.79 Å². The first kappa shape index (κ1) is 13.5. The summed E-state index contributed by atoms with van der Waals surface area (Å²) in [6.07, 6.45) is 1.79. The van der Waals surface area contributed by atoms with Crippen LogP contribution in [-0.2, 0) is 9.53 Å². The van der Waals surface area contributed by atoms with E-state index >= 15 is 0 Å². The summed E-state index contributed by atoms with van der Waals surface area (Å²) in [5.74, 6) is 0.246. The number of amides is 1. The Balaban J connectivity index is 2.34. The smallest absolute Gasteiger partial charge is 0.237 e. The first-order valence-electron chi connectivity index (χ1n) is 6.01. The van der Waals surface area contributed by atoms with E-state index in [1.165, 1.54) is 0 Å². The van der Waals surface area contributed by atoms with Crippen molar-refractivity contribution in [3.63, 3.8) is 0 Å². The monoisotopic (exact) mass is 228 g/mol. The fourth-order valence-corrected chi connectivity index (χ4v) is 1.76. The molecule has 0 bridgehead atoms. The average Bonchev–Trinajstić information content (AvgIpc) is 2.25. The lowest BCUT2D eigenvalue weighted by Gasteiger charge is -2.28. The van der Waals surface area contributed by atoms with Crippen LogP contribution < -0.4 is 11.1 Å². The largest absolute Gasteiger partial charge is 0.381 e. The zero-order valence-electron chi connectivity index (χ0n) is 10.6. The van der Waals surface area contributed by atoms with Crippen LogP contribution in [0.25, 0.3) is 0 Å². The molecule has 0 saturated carbocycles. The van der Waals surface area contributed by atoms with Crippen LogP contribution in [0.1, 0.15) is 33.6 Å². The third-order valence-electron chi connectivity index (χ3n) is 2.87. The summed E-state index contributed by atoms with van der Waals surface area (Å²) in [7, 11) is 0. The molecule has 0 aromatic heterocycles. The molecule has 1 saturated heterocycles. The average molecular weight is 228 g/mol. The normalized spacial score (nSPS) is 20.5. The standard InChI is InChI=1S/C12H24N2O2/c1-12(2,3)8-14-11(15)10(13)9-4-6-16-7-5-9/h9-10H,4-8,13H2,1-3H3,(H,14,15). The van der Waals surface area contributed by atoms with Gasteiger partial charge >= 0.3 is 0 Å². The molecule has 1 amide bonds. The molecule has 1 unspecified atom stereocenters. The fourth-order valence-electron chi connectivity index (χ4n) is 1.76. The van der Waals surface area contributed by atoms with Gasteiger partial charge in [0.25, 0.3) is 0 Å². The van der Waals surface area contributed by atoms with E-state index in [2.05, 4.69) is 26.1 Å². The van der Waals surface area contributed by atoms with Gasteiger partial charge in [-0.25, -0.2) is 0 Å². The number of hydrogen-bond donors (Lipinski definition) is 2. The number of nitrogens with one attached hydrogen (secondary N) is 1. The van der Waals surface area contributed by atoms with Gasteiger partial charge < -0.3 is 15.8 Å². The topological polar surface area (TPSA) is 64.4 Å². The summed E-state index contributed by atoms with van der Waals surface area (Å²) in [5, 5.41) is 2.91. The van der Waals surface area contributed by atoms with Crippen LogP contribution in [0.2, 0.25) is 0 Å². The maximum absolute atomic E-state index is 11.8. The number of nitrogens with two attached hydrogens (primary N) is 1. The van der Waals surface area contributed by atoms with Crippen LogP contribution in [0.4, 0.5) is 0 Å². The summed E-state index contributed by atoms with van der Waals surface area (Å²) in [6.45, 7) is 8.40. The Morgan fingerprint density at radius 3 is 2.50 bits per heavy atom. The number of rotatable bonds is 3. The molecule has 0 radical (unpaired) electrons. The highest BCUT2D eigenvalue weighted by atomic mass is 16.5. The first-order valence-corrected chi connectivity index (χ1v) is 6.01. The predicted molar refractivity (Wildman–Crippen MR) is 64.0 cm³/mol. The van der Waals surface area contributed by atoms with Crippen molar-refractivity contribution in [1.29, 1.82) is 0 Å². The minimum Gasteiger partial charge on any atom is -0.381 e. The van der Waals surface area contributed by atoms with Crippen molar-refractivity contribution < 1.29 is 9.53 Å². The molecule has 0 aromatic carbocycles. The summed E-state index contributed by atoms with van der Waals surface area (Å²) in [6, 6.07) is -0.383. The molecule has 1 fully saturated rings. The van der Waals surface area contributed by atoms with Gasteiger partial charge in [-0.2, -0.15) is 0 Å². The molecule has 4 heteroatoms. The molecule has 1 heterocycles. The van der Waals surface area contributed by atoms with Crippen molar-refractivity contribution >= 4 is 5.91 Å². The summed E-state index contributed by atoms with van der Waals surface area (Å²) in [5.41, 5.74) is 6.06. The Morgan fingerprint density at radius 1 is 1.44 bits per heavy atom. The van der Waals surface area contributed by atoms with Gasteiger partial charge in [0.1, 0.15) is 0 Å². The van der Waals surface area contributed by atoms with Crippen LogP contribution >= 0.6 is 0 Å². The van der Waals surface area contributed by atoms with Crippen molar-refractivity contribution in [3.05, 3.63) is 0 Å². The highest BCUT2D eigenvalue weighted by Crippen LogP contribution is 2.18. The molecule has 3 N–H and O–H groups in total. The molecular formula is C12H24N2O2. The van der Waals surface area contributed by atoms with Gasteiger partial charge in [0, 0.05) is 19.8 Å². The third kappa shape index (κ3) is 4.49. The fraction of sp³-hybridized carbons (Fsp3) is 0.917. The summed E-state index contributed by atoms with van der Waals surface area (Å²) < 4.78 is 5.26. The SMILES string of the molecule is CC(C)(C)CNC(=O)C(N)C1CCOCC1. The number of hydrogen-bond acceptors (Lipinski definition) is 3. The lowest BCUT2D eigenvalue weighted by Crippen LogP contribution is -2.48. The Kier molecular flexibility index (Phi) is 4.74. The molecule has 1 aliphatic heterocycles. The number of carbonyl (C=O) groups is 1. The number of carbonyl (C=O) groups excluding carboxylic acids is 1. The highest BCUT2D eigenvalue weighted by Gasteiger charge is 2.27. The van der Waals surface area contributed by atoms with E-state index in [0.717, 1.165) is 26.1 Å². The van der Waals surface area contributed by atoms with Gasteiger partial charge in [-0.05, 0) is 24.2 Å². The summed E-state index contributed by atoms with van der Waals surface area (Å²) in [4.78, 5) is 11.8. The van der Waals surface area contributed by atoms with Crippen LogP contribution in [0.15, 0.2) is 0 Å². The van der Waals surface area contributed by atoms with E-state index in [4.69, 9.17) is 10.5 Å². The van der Waals surface area contributed by atoms with E-state index in [9.17, 15) is 4.79 Å². The van der Waals surface area contributed by atoms with Crippen LogP contribution in [0.5, 0.6) is 0 Å². The van der Waals surface area contributed by atoms with Gasteiger partial charge in [0.05, 0.1) is 6.04 Å². The molecule has 16 heavy (non-hydrogen) atoms. The van der Waals surface area contributed by atoms with E-state index in [1.54, 1.807) is 0 Å². The van der Waals surface area contributed by atoms with Crippen molar-refractivity contribution in [1.82, 2.24) is 5.32 Å². The molecule has 0 spiro atoms. The molecule has 4 nitrogen and oxygen atoms in total. The second-order valence-electron chi connectivity index (χ2n) is 5.75. The first-order chi connectivity index (χ1) is 7.40. The second kappa shape index (κ2) is 5.64. The Morgan fingerprint density at radius 2 is 2.00 bits per heavy atom. The zero-order chi connectivity index (χ0) is 12.2. The Bertz CT molecular complexity index is 230. The van der Waals surface area contributed by atoms with E-state index in [1.807, 2.05) is 0 Å². The van der Waals surface area contributed by atoms with Crippen molar-refractivity contribution in [3.8, 4) is 0 Å². The quantitative estimate of drug-likeness (QED) is 0.754. The molecular weight excluding hydrogens is 204 g/mol. The zero-order valence-corrected chi connectivity index (χ0v) is 10.6. The second-order valence-corrected chi connectivity index (χ2v) is 5.75. The lowest BCUT2D eigenvalue weighted by atomic mass is 9.91. The third-order valence-corrected chi connectivity index (χ3v) is 2.87. The molecule has 1 aliphatic rings. The number of ether oxygens (including phenoxy) is 1. The van der Waals surface area contributed by atoms with Gasteiger partial charge in [0.2, 0.25) is 5.91 Å².